The van der Waals surface area contributed by atoms with E-state index in [0.29, 0.717) is 25.9 Å². The molecular formula is C50H85N5O13. The summed E-state index contributed by atoms with van der Waals surface area (Å²) in [5, 5.41) is 79.3. The topological polar surface area (TPSA) is 231 Å². The molecule has 3 aliphatic rings. The molecule has 5 rings (SSSR count). The van der Waals surface area contributed by atoms with Crippen molar-refractivity contribution >= 4 is 5.97 Å². The van der Waals surface area contributed by atoms with Crippen LogP contribution in [-0.2, 0) is 39.6 Å². The van der Waals surface area contributed by atoms with Crippen LogP contribution in [0.25, 0.3) is 0 Å². The van der Waals surface area contributed by atoms with E-state index >= 15 is 0 Å². The Balaban J connectivity index is 1.45. The summed E-state index contributed by atoms with van der Waals surface area (Å²) < 4.78 is 39.9. The SMILES string of the molecule is CC[C@H]1OC(=O)[C@H](C)[C@@H](O[C@H]2C[C@@](C)(OC)[C@@H](O)[C@H](C)O2)[C@H](C)[C@@H](O[C@@H]2O[C@H](C)C[C@H](N(C)CCc3cn([C@H](C)[C@H](O)c4ccccc4)nn3)[C@H]2O)[C@](C)(O)C[C@@H](C)CN(C)[C@H](C)[C@@H](O)[C@]1(C)O. The Hall–Kier alpha value is -2.69. The van der Waals surface area contributed by atoms with Crippen molar-refractivity contribution in [1.82, 2.24) is 24.8 Å². The Morgan fingerprint density at radius 3 is 2.26 bits per heavy atom. The van der Waals surface area contributed by atoms with Crippen molar-refractivity contribution in [3.05, 3.63) is 47.8 Å². The second-order valence-electron chi connectivity index (χ2n) is 21.2. The maximum atomic E-state index is 14.5. The number of aliphatic hydroxyl groups excluding tert-OH is 4. The summed E-state index contributed by atoms with van der Waals surface area (Å²) in [5.41, 5.74) is -3.03. The molecule has 20 atom stereocenters. The van der Waals surface area contributed by atoms with E-state index in [1.165, 1.54) is 14.0 Å². The van der Waals surface area contributed by atoms with Gasteiger partial charge in [0, 0.05) is 57.2 Å². The molecule has 18 heteroatoms. The van der Waals surface area contributed by atoms with Crippen LogP contribution in [0.4, 0.5) is 0 Å². The number of rotatable bonds is 13. The van der Waals surface area contributed by atoms with Gasteiger partial charge < -0.3 is 68.9 Å². The maximum absolute atomic E-state index is 14.5. The summed E-state index contributed by atoms with van der Waals surface area (Å²) >= 11 is 0. The zero-order chi connectivity index (χ0) is 50.6. The molecular weight excluding hydrogens is 879 g/mol. The molecule has 0 amide bonds. The van der Waals surface area contributed by atoms with Gasteiger partial charge in [-0.25, -0.2) is 4.68 Å². The molecule has 0 aliphatic carbocycles. The minimum absolute atomic E-state index is 0.0998. The van der Waals surface area contributed by atoms with Gasteiger partial charge in [0.1, 0.15) is 36.1 Å². The third-order valence-electron chi connectivity index (χ3n) is 15.4. The van der Waals surface area contributed by atoms with Crippen molar-refractivity contribution in [1.29, 1.82) is 0 Å². The molecule has 1 aromatic heterocycles. The van der Waals surface area contributed by atoms with E-state index in [2.05, 4.69) is 10.3 Å². The monoisotopic (exact) mass is 964 g/mol. The Labute approximate surface area is 404 Å². The number of likely N-dealkylation sites (N-methyl/N-ethyl adjacent to an activating group) is 2. The van der Waals surface area contributed by atoms with Gasteiger partial charge in [-0.1, -0.05) is 56.3 Å². The van der Waals surface area contributed by atoms with Crippen LogP contribution in [0, 0.1) is 17.8 Å². The van der Waals surface area contributed by atoms with E-state index in [1.54, 1.807) is 46.2 Å². The van der Waals surface area contributed by atoms with Crippen LogP contribution >= 0.6 is 0 Å². The number of carbonyl (C=O) groups is 1. The van der Waals surface area contributed by atoms with Gasteiger partial charge in [0.05, 0.1) is 53.3 Å². The van der Waals surface area contributed by atoms with Gasteiger partial charge in [-0.2, -0.15) is 0 Å². The molecule has 3 saturated heterocycles. The van der Waals surface area contributed by atoms with Crippen LogP contribution in [0.5, 0.6) is 0 Å². The summed E-state index contributed by atoms with van der Waals surface area (Å²) in [6, 6.07) is 8.04. The van der Waals surface area contributed by atoms with E-state index < -0.39 is 108 Å². The van der Waals surface area contributed by atoms with E-state index in [0.717, 1.165) is 11.3 Å². The van der Waals surface area contributed by atoms with Crippen LogP contribution in [0.3, 0.4) is 0 Å². The quantitative estimate of drug-likeness (QED) is 0.158. The predicted octanol–water partition coefficient (Wildman–Crippen LogP) is 3.40. The third kappa shape index (κ3) is 12.8. The predicted molar refractivity (Wildman–Crippen MR) is 253 cm³/mol. The number of benzene rings is 1. The van der Waals surface area contributed by atoms with Crippen LogP contribution in [0.1, 0.15) is 125 Å². The highest BCUT2D eigenvalue weighted by atomic mass is 16.7. The second-order valence-corrected chi connectivity index (χ2v) is 21.2. The van der Waals surface area contributed by atoms with Crippen LogP contribution in [-0.4, -0.2) is 186 Å². The lowest BCUT2D eigenvalue weighted by molar-refractivity contribution is -0.318. The van der Waals surface area contributed by atoms with E-state index in [9.17, 15) is 35.4 Å². The first kappa shape index (κ1) is 56.2. The number of hydrogen-bond donors (Lipinski definition) is 6. The lowest BCUT2D eigenvalue weighted by Gasteiger charge is -2.49. The standard InChI is InChI=1S/C50H85N5O13/c1-15-38-50(11,62)43(58)33(7)54(13)26-28(2)24-48(9,61)45(30(4)42(31(5)46(60)66-38)67-39-25-49(10,63-14)44(59)34(8)65-39)68-47-41(57)37(23-29(3)64-47)53(12)22-21-36-27-55(52-51-36)32(6)40(56)35-19-17-16-18-20-35/h16-20,27-34,37-45,47,56-59,61-62H,15,21-26H2,1-14H3/t28-,29-,30+,31-,32-,33-,34+,37+,38-,39+,40+,41-,42+,43-,44+,45-,47+,48-,49-,50-/m1/s1. The lowest BCUT2D eigenvalue weighted by atomic mass is 9.77. The molecule has 0 spiro atoms. The largest absolute Gasteiger partial charge is 0.459 e. The minimum atomic E-state index is -1.84. The van der Waals surface area contributed by atoms with Gasteiger partial charge in [0.25, 0.3) is 0 Å². The number of nitrogens with zero attached hydrogens (tertiary/aromatic N) is 5. The summed E-state index contributed by atoms with van der Waals surface area (Å²) in [5.74, 6) is -2.79. The Morgan fingerprint density at radius 1 is 0.971 bits per heavy atom. The molecule has 3 aliphatic heterocycles. The lowest BCUT2D eigenvalue weighted by Crippen LogP contribution is -2.61. The summed E-state index contributed by atoms with van der Waals surface area (Å²) in [6.07, 6.45) is -7.54. The van der Waals surface area contributed by atoms with Crippen LogP contribution < -0.4 is 0 Å². The van der Waals surface area contributed by atoms with Gasteiger partial charge in [-0.15, -0.1) is 5.10 Å². The van der Waals surface area contributed by atoms with Gasteiger partial charge in [0.2, 0.25) is 0 Å². The normalized spacial score (nSPS) is 41.7. The van der Waals surface area contributed by atoms with E-state index in [-0.39, 0.29) is 37.3 Å². The zero-order valence-electron chi connectivity index (χ0n) is 43.0. The molecule has 18 nitrogen and oxygen atoms in total. The molecule has 0 saturated carbocycles. The van der Waals surface area contributed by atoms with Crippen molar-refractivity contribution in [2.45, 2.75) is 211 Å². The van der Waals surface area contributed by atoms with Crippen molar-refractivity contribution in [3.8, 4) is 0 Å². The van der Waals surface area contributed by atoms with E-state index in [4.69, 9.17) is 28.4 Å². The molecule has 0 bridgehead atoms. The minimum Gasteiger partial charge on any atom is -0.459 e. The molecule has 6 N–H and O–H groups in total. The highest BCUT2D eigenvalue weighted by Gasteiger charge is 2.53. The number of esters is 1. The van der Waals surface area contributed by atoms with Crippen molar-refractivity contribution in [2.24, 2.45) is 17.8 Å². The van der Waals surface area contributed by atoms with Gasteiger partial charge in [-0.3, -0.25) is 4.79 Å². The van der Waals surface area contributed by atoms with Crippen molar-refractivity contribution in [3.63, 3.8) is 0 Å². The Morgan fingerprint density at radius 2 is 1.63 bits per heavy atom. The molecule has 4 heterocycles. The first-order chi connectivity index (χ1) is 31.8. The van der Waals surface area contributed by atoms with Crippen molar-refractivity contribution in [2.75, 3.05) is 34.3 Å². The summed E-state index contributed by atoms with van der Waals surface area (Å²) in [6.45, 7) is 20.3. The fourth-order valence-corrected chi connectivity index (χ4v) is 10.8. The highest BCUT2D eigenvalue weighted by Crippen LogP contribution is 2.40. The summed E-state index contributed by atoms with van der Waals surface area (Å²) in [7, 11) is 5.26. The van der Waals surface area contributed by atoms with Crippen LogP contribution in [0.2, 0.25) is 0 Å². The number of methoxy groups -OCH3 is 1. The smallest absolute Gasteiger partial charge is 0.311 e. The summed E-state index contributed by atoms with van der Waals surface area (Å²) in [4.78, 5) is 18.4. The van der Waals surface area contributed by atoms with Gasteiger partial charge >= 0.3 is 5.97 Å². The van der Waals surface area contributed by atoms with Crippen LogP contribution in [0.15, 0.2) is 36.5 Å². The fourth-order valence-electron chi connectivity index (χ4n) is 10.8. The Kier molecular flexibility index (Phi) is 19.2. The zero-order valence-corrected chi connectivity index (χ0v) is 43.0. The number of cyclic esters (lactones) is 1. The number of ether oxygens (including phenoxy) is 6. The van der Waals surface area contributed by atoms with Gasteiger partial charge in [0.15, 0.2) is 12.6 Å². The first-order valence-corrected chi connectivity index (χ1v) is 24.7. The molecule has 2 aromatic rings. The average Bonchev–Trinajstić information content (AvgIpc) is 3.78. The highest BCUT2D eigenvalue weighted by molar-refractivity contribution is 5.73. The average molecular weight is 964 g/mol. The molecule has 1 aromatic carbocycles. The fraction of sp³-hybridized carbons (Fsp3) is 0.820. The molecule has 68 heavy (non-hydrogen) atoms. The molecule has 3 fully saturated rings. The maximum Gasteiger partial charge on any atom is 0.311 e. The second kappa shape index (κ2) is 23.2. The number of aliphatic hydroxyl groups is 6. The van der Waals surface area contributed by atoms with Crippen molar-refractivity contribution < 1.29 is 63.9 Å². The van der Waals surface area contributed by atoms with E-state index in [1.807, 2.05) is 88.1 Å². The Bertz CT molecular complexity index is 1880. The third-order valence-corrected chi connectivity index (χ3v) is 15.4. The first-order valence-electron chi connectivity index (χ1n) is 24.7. The number of aromatic nitrogens is 3. The molecule has 0 unspecified atom stereocenters. The number of hydrogen-bond acceptors (Lipinski definition) is 17. The number of carbonyl (C=O) groups excluding carboxylic acids is 1. The van der Waals surface area contributed by atoms with Gasteiger partial charge in [-0.05, 0) is 100 Å². The molecule has 0 radical (unpaired) electrons. The molecule has 388 valence electrons.